The van der Waals surface area contributed by atoms with Crippen LogP contribution in [0.25, 0.3) is 22.5 Å². The van der Waals surface area contributed by atoms with Gasteiger partial charge < -0.3 is 13.7 Å². The normalized spacial score (nSPS) is 12.9. The van der Waals surface area contributed by atoms with E-state index in [4.69, 9.17) is 9.15 Å². The van der Waals surface area contributed by atoms with Crippen LogP contribution in [0.2, 0.25) is 0 Å². The molecule has 0 aliphatic rings. The highest BCUT2D eigenvalue weighted by Gasteiger charge is 2.21. The summed E-state index contributed by atoms with van der Waals surface area (Å²) in [6, 6.07) is 12.5. The summed E-state index contributed by atoms with van der Waals surface area (Å²) in [7, 11) is 1.22. The monoisotopic (exact) mass is 497 g/mol. The van der Waals surface area contributed by atoms with Crippen molar-refractivity contribution in [1.29, 1.82) is 0 Å². The molecule has 0 saturated heterocycles. The minimum atomic E-state index is -3.57. The molecule has 4 aromatic rings. The van der Waals surface area contributed by atoms with E-state index in [2.05, 4.69) is 15.2 Å². The highest BCUT2D eigenvalue weighted by molar-refractivity contribution is 7.89. The van der Waals surface area contributed by atoms with Crippen LogP contribution in [0.4, 0.5) is 0 Å². The maximum atomic E-state index is 12.5. The second-order valence-electron chi connectivity index (χ2n) is 8.47. The third-order valence-corrected chi connectivity index (χ3v) is 7.45. The third-order valence-electron chi connectivity index (χ3n) is 5.64. The van der Waals surface area contributed by atoms with Crippen LogP contribution >= 0.6 is 0 Å². The Balaban J connectivity index is 1.41. The highest BCUT2D eigenvalue weighted by atomic mass is 32.2. The number of esters is 1. The Kier molecular flexibility index (Phi) is 6.73. The summed E-state index contributed by atoms with van der Waals surface area (Å²) in [6.45, 7) is 3.65. The number of hydrogen-bond acceptors (Lipinski definition) is 8. The minimum absolute atomic E-state index is 0.0865. The lowest BCUT2D eigenvalue weighted by Crippen LogP contribution is -2.22. The molecule has 1 atom stereocenters. The number of aryl methyl sites for hydroxylation is 3. The lowest BCUT2D eigenvalue weighted by atomic mass is 10.1. The molecule has 0 amide bonds. The number of carbonyl (C=O) groups is 1. The Labute approximate surface area is 203 Å². The van der Waals surface area contributed by atoms with Gasteiger partial charge in [0.05, 0.1) is 22.3 Å². The zero-order valence-electron chi connectivity index (χ0n) is 20.2. The molecule has 0 bridgehead atoms. The predicted octanol–water partition coefficient (Wildman–Crippen LogP) is 3.42. The van der Waals surface area contributed by atoms with Gasteiger partial charge in [-0.25, -0.2) is 17.7 Å². The van der Waals surface area contributed by atoms with Crippen LogP contribution in [0.15, 0.2) is 51.8 Å². The van der Waals surface area contributed by atoms with Crippen LogP contribution in [0.3, 0.4) is 0 Å². The summed E-state index contributed by atoms with van der Waals surface area (Å²) in [5.41, 5.74) is 3.18. The molecule has 0 unspecified atom stereocenters. The SMILES string of the molecule is Cc1cccc(-c2nnc([C@H](C)OC(=O)CCc3nc4cc(S(=O)(=O)N(C)C)ccc4n3C)o2)c1. The van der Waals surface area contributed by atoms with Crippen molar-refractivity contribution in [2.75, 3.05) is 14.1 Å². The highest BCUT2D eigenvalue weighted by Crippen LogP contribution is 2.24. The molecule has 0 N–H and O–H groups in total. The van der Waals surface area contributed by atoms with E-state index in [-0.39, 0.29) is 17.2 Å². The van der Waals surface area contributed by atoms with E-state index < -0.39 is 22.1 Å². The largest absolute Gasteiger partial charge is 0.453 e. The molecule has 11 heteroatoms. The maximum absolute atomic E-state index is 12.5. The second kappa shape index (κ2) is 9.59. The van der Waals surface area contributed by atoms with Crippen molar-refractivity contribution in [3.8, 4) is 11.5 Å². The standard InChI is InChI=1S/C24H27N5O5S/c1-15-7-6-8-17(13-15)24-27-26-23(34-24)16(2)33-22(30)12-11-21-25-19-14-18(35(31,32)28(3)4)9-10-20(19)29(21)5/h6-10,13-14,16H,11-12H2,1-5H3/t16-/m0/s1. The van der Waals surface area contributed by atoms with E-state index in [1.54, 1.807) is 19.1 Å². The van der Waals surface area contributed by atoms with E-state index in [0.29, 0.717) is 23.7 Å². The van der Waals surface area contributed by atoms with Crippen molar-refractivity contribution in [2.24, 2.45) is 7.05 Å². The van der Waals surface area contributed by atoms with Crippen molar-refractivity contribution >= 4 is 27.0 Å². The molecule has 2 heterocycles. The Morgan fingerprint density at radius 2 is 1.94 bits per heavy atom. The molecule has 0 radical (unpaired) electrons. The molecular weight excluding hydrogens is 470 g/mol. The van der Waals surface area contributed by atoms with Crippen molar-refractivity contribution < 1.29 is 22.4 Å². The van der Waals surface area contributed by atoms with E-state index in [0.717, 1.165) is 20.9 Å². The van der Waals surface area contributed by atoms with Gasteiger partial charge in [0.25, 0.3) is 5.89 Å². The van der Waals surface area contributed by atoms with Crippen LogP contribution in [-0.2, 0) is 33.0 Å². The molecule has 2 aromatic carbocycles. The quantitative estimate of drug-likeness (QED) is 0.340. The Morgan fingerprint density at radius 1 is 1.17 bits per heavy atom. The van der Waals surface area contributed by atoms with Crippen LogP contribution in [0.5, 0.6) is 0 Å². The van der Waals surface area contributed by atoms with Crippen molar-refractivity contribution in [2.45, 2.75) is 37.7 Å². The number of nitrogens with zero attached hydrogens (tertiary/aromatic N) is 5. The van der Waals surface area contributed by atoms with Crippen LogP contribution in [0, 0.1) is 6.92 Å². The number of rotatable bonds is 8. The van der Waals surface area contributed by atoms with Gasteiger partial charge in [-0.15, -0.1) is 10.2 Å². The van der Waals surface area contributed by atoms with Crippen LogP contribution < -0.4 is 0 Å². The fourth-order valence-corrected chi connectivity index (χ4v) is 4.56. The van der Waals surface area contributed by atoms with E-state index in [9.17, 15) is 13.2 Å². The van der Waals surface area contributed by atoms with Gasteiger partial charge in [-0.3, -0.25) is 4.79 Å². The fourth-order valence-electron chi connectivity index (χ4n) is 3.64. The Bertz CT molecular complexity index is 1490. The average molecular weight is 498 g/mol. The van der Waals surface area contributed by atoms with E-state index in [1.807, 2.05) is 42.8 Å². The van der Waals surface area contributed by atoms with E-state index >= 15 is 0 Å². The van der Waals surface area contributed by atoms with Gasteiger partial charge in [0.15, 0.2) is 6.10 Å². The average Bonchev–Trinajstić information content (AvgIpc) is 3.43. The van der Waals surface area contributed by atoms with Crippen LogP contribution in [-0.4, -0.2) is 52.5 Å². The molecule has 10 nitrogen and oxygen atoms in total. The number of imidazole rings is 1. The van der Waals surface area contributed by atoms with Gasteiger partial charge >= 0.3 is 5.97 Å². The van der Waals surface area contributed by atoms with Gasteiger partial charge in [-0.05, 0) is 44.2 Å². The lowest BCUT2D eigenvalue weighted by molar-refractivity contribution is -0.149. The summed E-state index contributed by atoms with van der Waals surface area (Å²) in [5, 5.41) is 8.07. The van der Waals surface area contributed by atoms with Crippen LogP contribution in [0.1, 0.15) is 36.7 Å². The predicted molar refractivity (Wildman–Crippen MR) is 129 cm³/mol. The first-order valence-electron chi connectivity index (χ1n) is 11.0. The number of fused-ring (bicyclic) bond motifs is 1. The van der Waals surface area contributed by atoms with Crippen molar-refractivity contribution in [1.82, 2.24) is 24.1 Å². The number of hydrogen-bond donors (Lipinski definition) is 0. The summed E-state index contributed by atoms with van der Waals surface area (Å²) in [5.74, 6) is 0.786. The van der Waals surface area contributed by atoms with Gasteiger partial charge in [0.1, 0.15) is 5.82 Å². The number of aromatic nitrogens is 4. The molecular formula is C24H27N5O5S. The summed E-state index contributed by atoms with van der Waals surface area (Å²) >= 11 is 0. The zero-order valence-corrected chi connectivity index (χ0v) is 21.0. The molecule has 4 rings (SSSR count). The fraction of sp³-hybridized carbons (Fsp3) is 0.333. The Hall–Kier alpha value is -3.57. The van der Waals surface area contributed by atoms with E-state index in [1.165, 1.54) is 20.2 Å². The van der Waals surface area contributed by atoms with Gasteiger partial charge in [0.2, 0.25) is 15.9 Å². The first-order valence-corrected chi connectivity index (χ1v) is 12.5. The number of carbonyl (C=O) groups excluding carboxylic acids is 1. The molecule has 184 valence electrons. The maximum Gasteiger partial charge on any atom is 0.307 e. The lowest BCUT2D eigenvalue weighted by Gasteiger charge is -2.11. The molecule has 0 saturated carbocycles. The summed E-state index contributed by atoms with van der Waals surface area (Å²) in [4.78, 5) is 17.2. The first kappa shape index (κ1) is 24.6. The number of benzene rings is 2. The number of sulfonamides is 1. The Morgan fingerprint density at radius 3 is 2.66 bits per heavy atom. The van der Waals surface area contributed by atoms with Gasteiger partial charge in [0, 0.05) is 33.1 Å². The first-order chi connectivity index (χ1) is 16.6. The van der Waals surface area contributed by atoms with Gasteiger partial charge in [-0.2, -0.15) is 0 Å². The summed E-state index contributed by atoms with van der Waals surface area (Å²) in [6.07, 6.45) is -0.290. The van der Waals surface area contributed by atoms with Crippen molar-refractivity contribution in [3.05, 3.63) is 59.7 Å². The van der Waals surface area contributed by atoms with Gasteiger partial charge in [-0.1, -0.05) is 17.7 Å². The number of ether oxygens (including phenoxy) is 1. The zero-order chi connectivity index (χ0) is 25.3. The smallest absolute Gasteiger partial charge is 0.307 e. The van der Waals surface area contributed by atoms with Crippen molar-refractivity contribution in [3.63, 3.8) is 0 Å². The topological polar surface area (TPSA) is 120 Å². The molecule has 35 heavy (non-hydrogen) atoms. The molecule has 0 aliphatic heterocycles. The second-order valence-corrected chi connectivity index (χ2v) is 10.6. The molecule has 2 aromatic heterocycles. The molecule has 0 fully saturated rings. The third kappa shape index (κ3) is 5.10. The minimum Gasteiger partial charge on any atom is -0.453 e. The summed E-state index contributed by atoms with van der Waals surface area (Å²) < 4.78 is 39.0. The molecule has 0 aliphatic carbocycles. The molecule has 0 spiro atoms.